The second kappa shape index (κ2) is 11.2. The summed E-state index contributed by atoms with van der Waals surface area (Å²) < 4.78 is 4.83. The quantitative estimate of drug-likeness (QED) is 0.588. The number of ketones is 1. The van der Waals surface area contributed by atoms with Gasteiger partial charge in [-0.3, -0.25) is 4.79 Å². The van der Waals surface area contributed by atoms with Crippen molar-refractivity contribution >= 4 is 5.78 Å². The van der Waals surface area contributed by atoms with Crippen LogP contribution in [0.2, 0.25) is 0 Å². The zero-order valence-electron chi connectivity index (χ0n) is 16.5. The summed E-state index contributed by atoms with van der Waals surface area (Å²) in [7, 11) is 0. The molecule has 28 heavy (non-hydrogen) atoms. The van der Waals surface area contributed by atoms with Crippen LogP contribution in [0.15, 0.2) is 91.0 Å². The first kappa shape index (κ1) is 21.5. The Morgan fingerprint density at radius 3 is 1.71 bits per heavy atom. The minimum absolute atomic E-state index is 0.242. The van der Waals surface area contributed by atoms with Crippen LogP contribution in [0.25, 0.3) is 0 Å². The van der Waals surface area contributed by atoms with Crippen molar-refractivity contribution in [2.24, 2.45) is 0 Å². The average molecular weight is 376 g/mol. The molecule has 146 valence electrons. The molecule has 1 N–H and O–H groups in total. The maximum absolute atomic E-state index is 13.0. The molecule has 0 heterocycles. The molecule has 3 nitrogen and oxygen atoms in total. The maximum Gasteiger partial charge on any atom is 0.199 e. The van der Waals surface area contributed by atoms with Crippen molar-refractivity contribution in [1.82, 2.24) is 0 Å². The van der Waals surface area contributed by atoms with Crippen molar-refractivity contribution in [1.29, 1.82) is 0 Å². The van der Waals surface area contributed by atoms with Crippen LogP contribution in [0, 0.1) is 0 Å². The molecule has 0 aromatic heterocycles. The molecule has 1 unspecified atom stereocenters. The van der Waals surface area contributed by atoms with E-state index in [1.807, 2.05) is 68.4 Å². The molecule has 0 bridgehead atoms. The largest absolute Gasteiger partial charge is 0.382 e. The molecule has 3 rings (SSSR count). The van der Waals surface area contributed by atoms with Gasteiger partial charge in [-0.15, -0.1) is 0 Å². The van der Waals surface area contributed by atoms with Gasteiger partial charge in [0.1, 0.15) is 0 Å². The summed E-state index contributed by atoms with van der Waals surface area (Å²) in [5.74, 6) is -0.284. The Kier molecular flexibility index (Phi) is 8.60. The molecule has 0 saturated heterocycles. The Morgan fingerprint density at radius 2 is 1.25 bits per heavy atom. The van der Waals surface area contributed by atoms with Crippen molar-refractivity contribution in [3.05, 3.63) is 108 Å². The molecule has 0 spiro atoms. The van der Waals surface area contributed by atoms with E-state index in [-0.39, 0.29) is 12.2 Å². The van der Waals surface area contributed by atoms with Crippen LogP contribution in [-0.4, -0.2) is 24.1 Å². The number of hydrogen-bond donors (Lipinski definition) is 1. The van der Waals surface area contributed by atoms with Crippen molar-refractivity contribution < 1.29 is 14.6 Å². The van der Waals surface area contributed by atoms with E-state index in [2.05, 4.69) is 0 Å². The lowest BCUT2D eigenvalue weighted by Gasteiger charge is -2.27. The lowest BCUT2D eigenvalue weighted by atomic mass is 9.81. The van der Waals surface area contributed by atoms with E-state index in [0.717, 1.165) is 18.8 Å². The molecule has 3 aromatic rings. The molecule has 0 saturated carbocycles. The molecule has 1 atom stereocenters. The van der Waals surface area contributed by atoms with Crippen molar-refractivity contribution in [2.75, 3.05) is 13.2 Å². The highest BCUT2D eigenvalue weighted by molar-refractivity contribution is 6.03. The summed E-state index contributed by atoms with van der Waals surface area (Å²) >= 11 is 0. The van der Waals surface area contributed by atoms with Gasteiger partial charge >= 0.3 is 0 Å². The van der Waals surface area contributed by atoms with Crippen LogP contribution >= 0.6 is 0 Å². The van der Waals surface area contributed by atoms with Crippen LogP contribution < -0.4 is 0 Å². The van der Waals surface area contributed by atoms with Gasteiger partial charge in [0.25, 0.3) is 0 Å². The van der Waals surface area contributed by atoms with Crippen molar-refractivity contribution in [2.45, 2.75) is 25.9 Å². The minimum atomic E-state index is -1.58. The highest BCUT2D eigenvalue weighted by Crippen LogP contribution is 2.30. The maximum atomic E-state index is 13.0. The lowest BCUT2D eigenvalue weighted by Crippen LogP contribution is -2.38. The van der Waals surface area contributed by atoms with E-state index < -0.39 is 5.60 Å². The van der Waals surface area contributed by atoms with E-state index >= 15 is 0 Å². The van der Waals surface area contributed by atoms with E-state index in [1.165, 1.54) is 0 Å². The molecule has 3 aromatic carbocycles. The molecule has 0 radical (unpaired) electrons. The first-order valence-electron chi connectivity index (χ1n) is 9.61. The fraction of sp³-hybridized carbons (Fsp3) is 0.240. The molecule has 3 heteroatoms. The van der Waals surface area contributed by atoms with Crippen LogP contribution in [0.1, 0.15) is 35.3 Å². The predicted octanol–water partition coefficient (Wildman–Crippen LogP) is 5.04. The van der Waals surface area contributed by atoms with Crippen LogP contribution in [-0.2, 0) is 16.8 Å². The van der Waals surface area contributed by atoms with Gasteiger partial charge in [-0.2, -0.15) is 0 Å². The van der Waals surface area contributed by atoms with Gasteiger partial charge in [-0.25, -0.2) is 0 Å². The monoisotopic (exact) mass is 376 g/mol. The van der Waals surface area contributed by atoms with Gasteiger partial charge in [0.15, 0.2) is 11.4 Å². The standard InChI is InChI=1S/C21H18O2.C4H10O/c22-20(18-12-6-2-7-13-18)21(23,19-14-8-3-9-15-19)16-17-10-4-1-5-11-17;1-3-5-4-2/h1-15,23H,16H2;3-4H2,1-2H3. The third-order valence-electron chi connectivity index (χ3n) is 4.37. The number of rotatable bonds is 7. The smallest absolute Gasteiger partial charge is 0.199 e. The van der Waals surface area contributed by atoms with Gasteiger partial charge in [0, 0.05) is 25.2 Å². The highest BCUT2D eigenvalue weighted by atomic mass is 16.5. The number of carbonyl (C=O) groups is 1. The summed E-state index contributed by atoms with van der Waals surface area (Å²) in [4.78, 5) is 13.0. The molecular formula is C25H28O3. The highest BCUT2D eigenvalue weighted by Gasteiger charge is 2.38. The SMILES string of the molecule is CCOCC.O=C(c1ccccc1)C(O)(Cc1ccccc1)c1ccccc1. The van der Waals surface area contributed by atoms with Gasteiger partial charge in [-0.05, 0) is 25.0 Å². The molecule has 0 aliphatic carbocycles. The number of hydrogen-bond acceptors (Lipinski definition) is 3. The minimum Gasteiger partial charge on any atom is -0.382 e. The fourth-order valence-electron chi connectivity index (χ4n) is 2.95. The number of ether oxygens (including phenoxy) is 1. The second-order valence-corrected chi connectivity index (χ2v) is 6.37. The fourth-order valence-corrected chi connectivity index (χ4v) is 2.95. The molecule has 0 aliphatic rings. The van der Waals surface area contributed by atoms with Gasteiger partial charge in [0.2, 0.25) is 0 Å². The van der Waals surface area contributed by atoms with Gasteiger partial charge in [0.05, 0.1) is 0 Å². The van der Waals surface area contributed by atoms with Crippen molar-refractivity contribution in [3.8, 4) is 0 Å². The van der Waals surface area contributed by atoms with Crippen LogP contribution in [0.5, 0.6) is 0 Å². The first-order chi connectivity index (χ1) is 13.6. The number of Topliss-reactive ketones (excluding diaryl/α,β-unsaturated/α-hetero) is 1. The summed E-state index contributed by atoms with van der Waals surface area (Å²) in [6.07, 6.45) is 0.242. The Morgan fingerprint density at radius 1 is 0.786 bits per heavy atom. The van der Waals surface area contributed by atoms with Crippen LogP contribution in [0.4, 0.5) is 0 Å². The number of carbonyl (C=O) groups excluding carboxylic acids is 1. The predicted molar refractivity (Wildman–Crippen MR) is 113 cm³/mol. The van der Waals surface area contributed by atoms with E-state index in [9.17, 15) is 9.90 Å². The van der Waals surface area contributed by atoms with E-state index in [1.54, 1.807) is 36.4 Å². The third kappa shape index (κ3) is 5.88. The second-order valence-electron chi connectivity index (χ2n) is 6.37. The molecule has 0 fully saturated rings. The average Bonchev–Trinajstić information content (AvgIpc) is 2.76. The summed E-state index contributed by atoms with van der Waals surface area (Å²) in [6.45, 7) is 5.67. The molecular weight excluding hydrogens is 348 g/mol. The zero-order valence-corrected chi connectivity index (χ0v) is 16.5. The normalized spacial score (nSPS) is 12.4. The summed E-state index contributed by atoms with van der Waals surface area (Å²) in [5.41, 5.74) is 0.458. The van der Waals surface area contributed by atoms with Gasteiger partial charge < -0.3 is 9.84 Å². The zero-order chi connectivity index (χ0) is 20.2. The topological polar surface area (TPSA) is 46.5 Å². The first-order valence-corrected chi connectivity index (χ1v) is 9.61. The molecule has 0 aliphatic heterocycles. The summed E-state index contributed by atoms with van der Waals surface area (Å²) in [6, 6.07) is 27.7. The Bertz CT molecular complexity index is 814. The number of aliphatic hydroxyl groups is 1. The molecule has 0 amide bonds. The third-order valence-corrected chi connectivity index (χ3v) is 4.37. The Balaban J connectivity index is 0.000000500. The van der Waals surface area contributed by atoms with Crippen molar-refractivity contribution in [3.63, 3.8) is 0 Å². The number of benzene rings is 3. The van der Waals surface area contributed by atoms with Gasteiger partial charge in [-0.1, -0.05) is 91.0 Å². The van der Waals surface area contributed by atoms with E-state index in [0.29, 0.717) is 11.1 Å². The lowest BCUT2D eigenvalue weighted by molar-refractivity contribution is 0.0299. The van der Waals surface area contributed by atoms with Crippen LogP contribution in [0.3, 0.4) is 0 Å². The Labute approximate surface area is 167 Å². The Hall–Kier alpha value is -2.75. The summed E-state index contributed by atoms with van der Waals surface area (Å²) in [5, 5.41) is 11.3. The van der Waals surface area contributed by atoms with E-state index in [4.69, 9.17) is 4.74 Å².